The molecule has 6 nitrogen and oxygen atoms in total. The van der Waals surface area contributed by atoms with E-state index in [2.05, 4.69) is 5.32 Å². The highest BCUT2D eigenvalue weighted by Crippen LogP contribution is 2.22. The molecule has 1 aromatic heterocycles. The van der Waals surface area contributed by atoms with E-state index in [1.165, 1.54) is 13.4 Å². The largest absolute Gasteiger partial charge is 0.479 e. The van der Waals surface area contributed by atoms with Crippen LogP contribution in [0, 0.1) is 0 Å². The van der Waals surface area contributed by atoms with Crippen LogP contribution in [-0.2, 0) is 16.0 Å². The third-order valence-corrected chi connectivity index (χ3v) is 3.30. The molecule has 2 aromatic rings. The Labute approximate surface area is 121 Å². The highest BCUT2D eigenvalue weighted by molar-refractivity contribution is 6.06. The number of furan rings is 1. The van der Waals surface area contributed by atoms with E-state index in [1.54, 1.807) is 0 Å². The molecule has 0 spiro atoms. The zero-order valence-electron chi connectivity index (χ0n) is 11.9. The number of aryl methyl sites for hydroxylation is 1. The average molecular weight is 291 g/mol. The minimum Gasteiger partial charge on any atom is -0.479 e. The van der Waals surface area contributed by atoms with Gasteiger partial charge in [0.15, 0.2) is 6.10 Å². The number of fused-ring (bicyclic) bond motifs is 1. The Morgan fingerprint density at radius 1 is 1.43 bits per heavy atom. The number of ether oxygens (including phenoxy) is 1. The fourth-order valence-corrected chi connectivity index (χ4v) is 2.02. The van der Waals surface area contributed by atoms with Crippen molar-refractivity contribution < 1.29 is 23.8 Å². The topological polar surface area (TPSA) is 88.8 Å². The van der Waals surface area contributed by atoms with Gasteiger partial charge in [-0.3, -0.25) is 4.79 Å². The van der Waals surface area contributed by atoms with Gasteiger partial charge < -0.3 is 19.6 Å². The zero-order chi connectivity index (χ0) is 15.4. The Kier molecular flexibility index (Phi) is 4.59. The highest BCUT2D eigenvalue weighted by Gasteiger charge is 2.19. The lowest BCUT2D eigenvalue weighted by molar-refractivity contribution is -0.148. The van der Waals surface area contributed by atoms with Gasteiger partial charge in [-0.15, -0.1) is 0 Å². The second-order valence-electron chi connectivity index (χ2n) is 4.61. The lowest BCUT2D eigenvalue weighted by atomic mass is 10.1. The summed E-state index contributed by atoms with van der Waals surface area (Å²) in [6.45, 7) is 1.92. The molecule has 2 N–H and O–H groups in total. The Morgan fingerprint density at radius 3 is 2.81 bits per heavy atom. The molecular weight excluding hydrogens is 274 g/mol. The molecular formula is C15H17NO5. The van der Waals surface area contributed by atoms with Gasteiger partial charge in [-0.1, -0.05) is 13.0 Å². The van der Waals surface area contributed by atoms with E-state index in [4.69, 9.17) is 14.3 Å². The van der Waals surface area contributed by atoms with Crippen LogP contribution >= 0.6 is 0 Å². The normalized spacial score (nSPS) is 12.3. The molecule has 1 atom stereocenters. The number of amides is 1. The maximum absolute atomic E-state index is 12.1. The SMILES string of the molecule is CCc1ccc2occ(C(=O)NCC(OC)C(=O)O)c2c1. The molecule has 6 heteroatoms. The summed E-state index contributed by atoms with van der Waals surface area (Å²) in [4.78, 5) is 23.0. The Morgan fingerprint density at radius 2 is 2.19 bits per heavy atom. The fourth-order valence-electron chi connectivity index (χ4n) is 2.02. The first-order valence-corrected chi connectivity index (χ1v) is 6.60. The quantitative estimate of drug-likeness (QED) is 0.847. The Hall–Kier alpha value is -2.34. The second kappa shape index (κ2) is 6.41. The molecule has 0 aliphatic rings. The van der Waals surface area contributed by atoms with E-state index in [0.717, 1.165) is 17.4 Å². The van der Waals surface area contributed by atoms with E-state index in [1.807, 2.05) is 25.1 Å². The van der Waals surface area contributed by atoms with Gasteiger partial charge in [0.1, 0.15) is 11.8 Å². The van der Waals surface area contributed by atoms with Crippen LogP contribution < -0.4 is 5.32 Å². The molecule has 112 valence electrons. The average Bonchev–Trinajstić information content (AvgIpc) is 2.90. The molecule has 0 saturated heterocycles. The van der Waals surface area contributed by atoms with Crippen molar-refractivity contribution in [1.82, 2.24) is 5.32 Å². The monoisotopic (exact) mass is 291 g/mol. The molecule has 1 amide bonds. The smallest absolute Gasteiger partial charge is 0.334 e. The van der Waals surface area contributed by atoms with Gasteiger partial charge in [-0.2, -0.15) is 0 Å². The maximum Gasteiger partial charge on any atom is 0.334 e. The van der Waals surface area contributed by atoms with Crippen LogP contribution in [0.2, 0.25) is 0 Å². The minimum atomic E-state index is -1.12. The van der Waals surface area contributed by atoms with Crippen LogP contribution in [-0.4, -0.2) is 36.7 Å². The van der Waals surface area contributed by atoms with Crippen molar-refractivity contribution in [3.05, 3.63) is 35.6 Å². The van der Waals surface area contributed by atoms with E-state index < -0.39 is 12.1 Å². The summed E-state index contributed by atoms with van der Waals surface area (Å²) < 4.78 is 10.1. The van der Waals surface area contributed by atoms with Gasteiger partial charge in [-0.05, 0) is 24.1 Å². The molecule has 1 unspecified atom stereocenters. The maximum atomic E-state index is 12.1. The summed E-state index contributed by atoms with van der Waals surface area (Å²) >= 11 is 0. The van der Waals surface area contributed by atoms with Gasteiger partial charge in [0.2, 0.25) is 0 Å². The van der Waals surface area contributed by atoms with Crippen LogP contribution in [0.3, 0.4) is 0 Å². The number of carbonyl (C=O) groups excluding carboxylic acids is 1. The van der Waals surface area contributed by atoms with E-state index >= 15 is 0 Å². The van der Waals surface area contributed by atoms with Gasteiger partial charge in [0, 0.05) is 12.5 Å². The molecule has 0 aliphatic heterocycles. The zero-order valence-corrected chi connectivity index (χ0v) is 11.9. The number of carbonyl (C=O) groups is 2. The van der Waals surface area contributed by atoms with E-state index in [9.17, 15) is 9.59 Å². The number of rotatable bonds is 6. The van der Waals surface area contributed by atoms with Crippen LogP contribution in [0.5, 0.6) is 0 Å². The van der Waals surface area contributed by atoms with Crippen LogP contribution in [0.25, 0.3) is 11.0 Å². The number of hydrogen-bond acceptors (Lipinski definition) is 4. The van der Waals surface area contributed by atoms with E-state index in [-0.39, 0.29) is 12.5 Å². The predicted octanol–water partition coefficient (Wildman–Crippen LogP) is 1.82. The number of benzene rings is 1. The summed E-state index contributed by atoms with van der Waals surface area (Å²) in [5, 5.41) is 12.1. The van der Waals surface area contributed by atoms with Crippen LogP contribution in [0.4, 0.5) is 0 Å². The first kappa shape index (κ1) is 15.1. The van der Waals surface area contributed by atoms with Gasteiger partial charge >= 0.3 is 5.97 Å². The van der Waals surface area contributed by atoms with E-state index in [0.29, 0.717) is 11.1 Å². The van der Waals surface area contributed by atoms with Crippen molar-refractivity contribution in [1.29, 1.82) is 0 Å². The molecule has 0 bridgehead atoms. The standard InChI is InChI=1S/C15H17NO5/c1-3-9-4-5-12-10(6-9)11(8-21-12)14(17)16-7-13(20-2)15(18)19/h4-6,8,13H,3,7H2,1-2H3,(H,16,17)(H,18,19). The van der Waals surface area contributed by atoms with Crippen LogP contribution in [0.15, 0.2) is 28.9 Å². The Bertz CT molecular complexity index is 661. The molecule has 0 fully saturated rings. The third kappa shape index (κ3) is 3.22. The Balaban J connectivity index is 2.17. The first-order chi connectivity index (χ1) is 10.1. The number of hydrogen-bond donors (Lipinski definition) is 2. The van der Waals surface area contributed by atoms with Crippen molar-refractivity contribution in [2.75, 3.05) is 13.7 Å². The predicted molar refractivity (Wildman–Crippen MR) is 76.4 cm³/mol. The number of carboxylic acids is 1. The van der Waals surface area contributed by atoms with Crippen molar-refractivity contribution in [2.24, 2.45) is 0 Å². The molecule has 21 heavy (non-hydrogen) atoms. The lowest BCUT2D eigenvalue weighted by Crippen LogP contribution is -2.37. The first-order valence-electron chi connectivity index (χ1n) is 6.60. The summed E-state index contributed by atoms with van der Waals surface area (Å²) in [5.41, 5.74) is 2.11. The second-order valence-corrected chi connectivity index (χ2v) is 4.61. The molecule has 1 aromatic carbocycles. The molecule has 0 aliphatic carbocycles. The lowest BCUT2D eigenvalue weighted by Gasteiger charge is -2.11. The summed E-state index contributed by atoms with van der Waals surface area (Å²) in [7, 11) is 1.28. The van der Waals surface area contributed by atoms with Gasteiger partial charge in [0.05, 0.1) is 12.1 Å². The van der Waals surface area contributed by atoms with Crippen molar-refractivity contribution in [3.63, 3.8) is 0 Å². The number of aliphatic carboxylic acids is 1. The number of methoxy groups -OCH3 is 1. The molecule has 0 saturated carbocycles. The number of nitrogens with one attached hydrogen (secondary N) is 1. The highest BCUT2D eigenvalue weighted by atomic mass is 16.5. The third-order valence-electron chi connectivity index (χ3n) is 3.30. The summed E-state index contributed by atoms with van der Waals surface area (Å²) in [6, 6.07) is 5.66. The van der Waals surface area contributed by atoms with Crippen molar-refractivity contribution in [3.8, 4) is 0 Å². The van der Waals surface area contributed by atoms with Crippen molar-refractivity contribution in [2.45, 2.75) is 19.4 Å². The van der Waals surface area contributed by atoms with Gasteiger partial charge in [0.25, 0.3) is 5.91 Å². The summed E-state index contributed by atoms with van der Waals surface area (Å²) in [6.07, 6.45) is 1.16. The molecule has 1 heterocycles. The molecule has 2 rings (SSSR count). The van der Waals surface area contributed by atoms with Crippen LogP contribution in [0.1, 0.15) is 22.8 Å². The van der Waals surface area contributed by atoms with Crippen molar-refractivity contribution >= 4 is 22.8 Å². The minimum absolute atomic E-state index is 0.106. The number of carboxylic acid groups (broad SMARTS) is 1. The summed E-state index contributed by atoms with van der Waals surface area (Å²) in [5.74, 6) is -1.51. The molecule has 0 radical (unpaired) electrons. The van der Waals surface area contributed by atoms with Gasteiger partial charge in [-0.25, -0.2) is 4.79 Å². The fraction of sp³-hybridized carbons (Fsp3) is 0.333.